The number of halogens is 1. The average molecular weight is 507 g/mol. The fourth-order valence-electron chi connectivity index (χ4n) is 4.13. The monoisotopic (exact) mass is 506 g/mol. The predicted octanol–water partition coefficient (Wildman–Crippen LogP) is 2.19. The zero-order valence-corrected chi connectivity index (χ0v) is 20.5. The Morgan fingerprint density at radius 1 is 1.17 bits per heavy atom. The summed E-state index contributed by atoms with van der Waals surface area (Å²) in [5.74, 6) is -0.696. The van der Waals surface area contributed by atoms with Gasteiger partial charge in [-0.25, -0.2) is 9.78 Å². The summed E-state index contributed by atoms with van der Waals surface area (Å²) in [6.07, 6.45) is 7.03. The first kappa shape index (κ1) is 24.9. The molecule has 1 amide bonds. The van der Waals surface area contributed by atoms with E-state index < -0.39 is 28.1 Å². The Morgan fingerprint density at radius 2 is 1.89 bits per heavy atom. The Bertz CT molecular complexity index is 1520. The van der Waals surface area contributed by atoms with Gasteiger partial charge in [0.25, 0.3) is 11.5 Å². The quantitative estimate of drug-likeness (QED) is 0.405. The maximum atomic E-state index is 13.5. The smallest absolute Gasteiger partial charge is 0.330 e. The lowest BCUT2D eigenvalue weighted by molar-refractivity contribution is 0.0912. The number of rotatable bonds is 6. The summed E-state index contributed by atoms with van der Waals surface area (Å²) in [5.41, 5.74) is -0.960. The molecule has 0 fully saturated rings. The minimum absolute atomic E-state index is 0.0576. The number of nitrogens with one attached hydrogen (secondary N) is 1. The second kappa shape index (κ2) is 9.79. The van der Waals surface area contributed by atoms with E-state index in [0.717, 1.165) is 14.7 Å². The summed E-state index contributed by atoms with van der Waals surface area (Å²) in [6.45, 7) is 0. The molecule has 1 aliphatic rings. The molecule has 1 N–H and O–H groups in total. The van der Waals surface area contributed by atoms with Gasteiger partial charge >= 0.3 is 5.69 Å². The topological polar surface area (TPSA) is 112 Å². The number of carbonyl (C=O) groups is 2. The van der Waals surface area contributed by atoms with Crippen molar-refractivity contribution >= 4 is 29.4 Å². The van der Waals surface area contributed by atoms with Crippen molar-refractivity contribution in [2.24, 2.45) is 14.1 Å². The van der Waals surface area contributed by atoms with Crippen LogP contribution < -0.4 is 21.3 Å². The lowest BCUT2D eigenvalue weighted by atomic mass is 9.80. The summed E-state index contributed by atoms with van der Waals surface area (Å²) in [4.78, 5) is 54.3. The predicted molar refractivity (Wildman–Crippen MR) is 135 cm³/mol. The highest BCUT2D eigenvalue weighted by Gasteiger charge is 2.44. The summed E-state index contributed by atoms with van der Waals surface area (Å²) in [5, 5.41) is 2.01. The van der Waals surface area contributed by atoms with Gasteiger partial charge in [-0.15, -0.1) is 11.6 Å². The minimum Gasteiger partial charge on any atom is -0.480 e. The van der Waals surface area contributed by atoms with Crippen LogP contribution in [0.5, 0.6) is 5.88 Å². The van der Waals surface area contributed by atoms with E-state index >= 15 is 0 Å². The second-order valence-corrected chi connectivity index (χ2v) is 8.68. The van der Waals surface area contributed by atoms with Crippen molar-refractivity contribution in [3.05, 3.63) is 110 Å². The van der Waals surface area contributed by atoms with E-state index in [1.165, 1.54) is 33.5 Å². The third-order valence-electron chi connectivity index (χ3n) is 6.06. The van der Waals surface area contributed by atoms with Gasteiger partial charge in [0.1, 0.15) is 11.1 Å². The highest BCUT2D eigenvalue weighted by Crippen LogP contribution is 2.41. The molecule has 0 bridgehead atoms. The summed E-state index contributed by atoms with van der Waals surface area (Å²) >= 11 is 7.08. The van der Waals surface area contributed by atoms with Crippen LogP contribution in [-0.4, -0.2) is 38.8 Å². The van der Waals surface area contributed by atoms with Crippen LogP contribution in [0.15, 0.2) is 76.5 Å². The summed E-state index contributed by atoms with van der Waals surface area (Å²) < 4.78 is 7.28. The van der Waals surface area contributed by atoms with Crippen molar-refractivity contribution in [3.8, 4) is 5.88 Å². The van der Waals surface area contributed by atoms with Crippen LogP contribution in [0.2, 0.25) is 0 Å². The highest BCUT2D eigenvalue weighted by molar-refractivity contribution is 6.28. The number of pyridine rings is 1. The molecule has 3 aromatic rings. The lowest BCUT2D eigenvalue weighted by Gasteiger charge is -2.39. The van der Waals surface area contributed by atoms with E-state index in [2.05, 4.69) is 10.3 Å². The number of aryl methyl sites for hydroxylation is 1. The van der Waals surface area contributed by atoms with E-state index in [9.17, 15) is 19.2 Å². The van der Waals surface area contributed by atoms with Gasteiger partial charge in [0, 0.05) is 20.3 Å². The molecule has 4 rings (SSSR count). The van der Waals surface area contributed by atoms with Crippen molar-refractivity contribution < 1.29 is 14.3 Å². The fourth-order valence-corrected chi connectivity index (χ4v) is 4.57. The molecule has 1 aromatic carbocycles. The Morgan fingerprint density at radius 3 is 2.56 bits per heavy atom. The van der Waals surface area contributed by atoms with Crippen LogP contribution >= 0.6 is 11.6 Å². The second-order valence-electron chi connectivity index (χ2n) is 8.25. The standard InChI is InChI=1S/C26H23ClN4O5/c1-30-14-19(24(34)31(2)25(30)35)22(33)29-26(20-12-11-17(15-32)23(28-20)36-3)13-7-10-18(21(26)27)16-8-5-4-6-9-16/h4-15,21H,1-3H3,(H,29,33). The number of aromatic nitrogens is 3. The van der Waals surface area contributed by atoms with Crippen molar-refractivity contribution in [1.29, 1.82) is 0 Å². The molecule has 2 unspecified atom stereocenters. The van der Waals surface area contributed by atoms with Crippen LogP contribution in [0.1, 0.15) is 32.0 Å². The van der Waals surface area contributed by atoms with Crippen LogP contribution in [0, 0.1) is 0 Å². The Hall–Kier alpha value is -4.24. The number of hydrogen-bond donors (Lipinski definition) is 1. The number of alkyl halides is 1. The maximum Gasteiger partial charge on any atom is 0.330 e. The summed E-state index contributed by atoms with van der Waals surface area (Å²) in [6, 6.07) is 12.5. The molecular formula is C26H23ClN4O5. The third kappa shape index (κ3) is 4.18. The number of benzene rings is 1. The largest absolute Gasteiger partial charge is 0.480 e. The van der Waals surface area contributed by atoms with E-state index in [1.807, 2.05) is 36.4 Å². The van der Waals surface area contributed by atoms with Crippen LogP contribution in [-0.2, 0) is 19.6 Å². The van der Waals surface area contributed by atoms with E-state index in [0.29, 0.717) is 11.9 Å². The van der Waals surface area contributed by atoms with Crippen LogP contribution in [0.3, 0.4) is 0 Å². The summed E-state index contributed by atoms with van der Waals surface area (Å²) in [7, 11) is 4.12. The number of hydrogen-bond acceptors (Lipinski definition) is 6. The highest BCUT2D eigenvalue weighted by atomic mass is 35.5. The number of carbonyl (C=O) groups excluding carboxylic acids is 2. The van der Waals surface area contributed by atoms with Crippen LogP contribution in [0.25, 0.3) is 5.57 Å². The normalized spacial score (nSPS) is 18.9. The lowest BCUT2D eigenvalue weighted by Crippen LogP contribution is -2.54. The zero-order valence-electron chi connectivity index (χ0n) is 19.8. The van der Waals surface area contributed by atoms with Crippen LogP contribution in [0.4, 0.5) is 0 Å². The zero-order chi connectivity index (χ0) is 26.0. The van der Waals surface area contributed by atoms with Gasteiger partial charge in [0.05, 0.1) is 23.7 Å². The molecule has 9 nitrogen and oxygen atoms in total. The Labute approximate surface area is 211 Å². The van der Waals surface area contributed by atoms with E-state index in [4.69, 9.17) is 16.3 Å². The van der Waals surface area contributed by atoms with Gasteiger partial charge in [0.15, 0.2) is 6.29 Å². The molecule has 184 valence electrons. The first-order valence-corrected chi connectivity index (χ1v) is 11.4. The van der Waals surface area contributed by atoms with Gasteiger partial charge in [-0.3, -0.25) is 19.0 Å². The first-order valence-electron chi connectivity index (χ1n) is 10.9. The molecule has 0 spiro atoms. The molecule has 36 heavy (non-hydrogen) atoms. The number of allylic oxidation sites excluding steroid dienone is 2. The Kier molecular flexibility index (Phi) is 6.76. The maximum absolute atomic E-state index is 13.5. The number of ether oxygens (including phenoxy) is 1. The number of amides is 1. The molecule has 0 saturated carbocycles. The van der Waals surface area contributed by atoms with E-state index in [1.54, 1.807) is 18.2 Å². The minimum atomic E-state index is -1.44. The van der Waals surface area contributed by atoms with Gasteiger partial charge in [-0.2, -0.15) is 0 Å². The number of methoxy groups -OCH3 is 1. The third-order valence-corrected chi connectivity index (χ3v) is 6.64. The van der Waals surface area contributed by atoms with Gasteiger partial charge in [-0.1, -0.05) is 48.6 Å². The molecule has 0 saturated heterocycles. The number of nitrogens with zero attached hydrogens (tertiary/aromatic N) is 3. The Balaban J connectivity index is 1.89. The van der Waals surface area contributed by atoms with Crippen molar-refractivity contribution in [2.45, 2.75) is 10.9 Å². The molecular weight excluding hydrogens is 484 g/mol. The SMILES string of the molecule is COc1nc(C2(NC(=O)c3cn(C)c(=O)n(C)c3=O)C=CC=C(c3ccccc3)C2Cl)ccc1C=O. The van der Waals surface area contributed by atoms with Gasteiger partial charge < -0.3 is 14.6 Å². The molecule has 2 atom stereocenters. The van der Waals surface area contributed by atoms with Crippen molar-refractivity contribution in [2.75, 3.05) is 7.11 Å². The molecule has 0 aliphatic heterocycles. The van der Waals surface area contributed by atoms with Crippen molar-refractivity contribution in [1.82, 2.24) is 19.4 Å². The molecule has 10 heteroatoms. The molecule has 0 radical (unpaired) electrons. The van der Waals surface area contributed by atoms with E-state index in [-0.39, 0.29) is 22.7 Å². The first-order chi connectivity index (χ1) is 17.2. The average Bonchev–Trinajstić information content (AvgIpc) is 2.90. The fraction of sp³-hybridized carbons (Fsp3) is 0.192. The molecule has 2 aromatic heterocycles. The number of aldehydes is 1. The van der Waals surface area contributed by atoms with Crippen molar-refractivity contribution in [3.63, 3.8) is 0 Å². The van der Waals surface area contributed by atoms with Gasteiger partial charge in [0.2, 0.25) is 5.88 Å². The molecule has 2 heterocycles. The molecule has 1 aliphatic carbocycles. The van der Waals surface area contributed by atoms with Gasteiger partial charge in [-0.05, 0) is 23.3 Å².